The first-order chi connectivity index (χ1) is 9.13. The fraction of sp³-hybridized carbons (Fsp3) is 0.562. The van der Waals surface area contributed by atoms with Crippen LogP contribution in [0.15, 0.2) is 31.0 Å². The molecule has 0 atom stereocenters. The van der Waals surface area contributed by atoms with E-state index in [1.165, 1.54) is 5.56 Å². The molecule has 1 heterocycles. The van der Waals surface area contributed by atoms with E-state index in [1.807, 2.05) is 12.3 Å². The van der Waals surface area contributed by atoms with E-state index >= 15 is 0 Å². The monoisotopic (exact) mass is 261 g/mol. The van der Waals surface area contributed by atoms with Crippen molar-refractivity contribution in [2.24, 2.45) is 5.92 Å². The standard InChI is InChI=1S/C16H27N3/c1-5-6-7-10-19(4)16-9-8-15(13-18-16)12-17-11-14(2)3/h5,8-9,13-14,17H,1,6-7,10-12H2,2-4H3. The molecule has 3 nitrogen and oxygen atoms in total. The maximum Gasteiger partial charge on any atom is 0.128 e. The molecule has 0 saturated heterocycles. The number of nitrogens with one attached hydrogen (secondary N) is 1. The van der Waals surface area contributed by atoms with Gasteiger partial charge in [0.2, 0.25) is 0 Å². The van der Waals surface area contributed by atoms with Crippen molar-refractivity contribution >= 4 is 5.82 Å². The minimum Gasteiger partial charge on any atom is -0.360 e. The molecule has 0 saturated carbocycles. The van der Waals surface area contributed by atoms with Gasteiger partial charge >= 0.3 is 0 Å². The van der Waals surface area contributed by atoms with Crippen LogP contribution in [0.25, 0.3) is 0 Å². The van der Waals surface area contributed by atoms with Gasteiger partial charge in [-0.1, -0.05) is 26.0 Å². The predicted octanol–water partition coefficient (Wildman–Crippen LogP) is 3.23. The van der Waals surface area contributed by atoms with Crippen LogP contribution in [0.3, 0.4) is 0 Å². The molecule has 3 heteroatoms. The summed E-state index contributed by atoms with van der Waals surface area (Å²) in [6.45, 7) is 11.1. The van der Waals surface area contributed by atoms with Gasteiger partial charge in [0.05, 0.1) is 0 Å². The van der Waals surface area contributed by atoms with Gasteiger partial charge < -0.3 is 10.2 Å². The van der Waals surface area contributed by atoms with E-state index in [-0.39, 0.29) is 0 Å². The second kappa shape index (κ2) is 8.70. The van der Waals surface area contributed by atoms with Crippen LogP contribution in [0, 0.1) is 5.92 Å². The minimum atomic E-state index is 0.684. The van der Waals surface area contributed by atoms with Crippen LogP contribution >= 0.6 is 0 Å². The Bertz CT molecular complexity index is 357. The first-order valence-electron chi connectivity index (χ1n) is 7.11. The quantitative estimate of drug-likeness (QED) is 0.546. The van der Waals surface area contributed by atoms with E-state index in [0.717, 1.165) is 38.3 Å². The van der Waals surface area contributed by atoms with Crippen molar-refractivity contribution in [2.75, 3.05) is 25.0 Å². The van der Waals surface area contributed by atoms with Crippen molar-refractivity contribution in [3.63, 3.8) is 0 Å². The summed E-state index contributed by atoms with van der Waals surface area (Å²) < 4.78 is 0. The lowest BCUT2D eigenvalue weighted by Crippen LogP contribution is -2.21. The highest BCUT2D eigenvalue weighted by atomic mass is 15.2. The van der Waals surface area contributed by atoms with Gasteiger partial charge in [-0.05, 0) is 36.9 Å². The van der Waals surface area contributed by atoms with E-state index < -0.39 is 0 Å². The van der Waals surface area contributed by atoms with Crippen molar-refractivity contribution in [3.8, 4) is 0 Å². The molecule has 0 fully saturated rings. The topological polar surface area (TPSA) is 28.2 Å². The van der Waals surface area contributed by atoms with E-state index in [1.54, 1.807) is 0 Å². The van der Waals surface area contributed by atoms with Crippen LogP contribution in [0.1, 0.15) is 32.3 Å². The molecule has 0 spiro atoms. The number of hydrogen-bond donors (Lipinski definition) is 1. The normalized spacial score (nSPS) is 10.7. The maximum atomic E-state index is 4.52. The minimum absolute atomic E-state index is 0.684. The van der Waals surface area contributed by atoms with Gasteiger partial charge in [-0.15, -0.1) is 6.58 Å². The molecule has 0 aliphatic carbocycles. The first-order valence-corrected chi connectivity index (χ1v) is 7.11. The summed E-state index contributed by atoms with van der Waals surface area (Å²) in [5.74, 6) is 1.72. The average molecular weight is 261 g/mol. The number of unbranched alkanes of at least 4 members (excludes halogenated alkanes) is 1. The fourth-order valence-electron chi connectivity index (χ4n) is 1.84. The molecule has 0 aliphatic rings. The summed E-state index contributed by atoms with van der Waals surface area (Å²) in [7, 11) is 2.09. The lowest BCUT2D eigenvalue weighted by atomic mass is 10.2. The largest absolute Gasteiger partial charge is 0.360 e. The molecular weight excluding hydrogens is 234 g/mol. The van der Waals surface area contributed by atoms with Gasteiger partial charge in [-0.3, -0.25) is 0 Å². The molecule has 1 aromatic rings. The first kappa shape index (κ1) is 15.7. The fourth-order valence-corrected chi connectivity index (χ4v) is 1.84. The smallest absolute Gasteiger partial charge is 0.128 e. The molecule has 0 radical (unpaired) electrons. The number of pyridine rings is 1. The van der Waals surface area contributed by atoms with Crippen LogP contribution in [0.5, 0.6) is 0 Å². The Morgan fingerprint density at radius 2 is 2.21 bits per heavy atom. The zero-order valence-corrected chi connectivity index (χ0v) is 12.5. The Morgan fingerprint density at radius 3 is 2.79 bits per heavy atom. The summed E-state index contributed by atoms with van der Waals surface area (Å²) in [6.07, 6.45) is 6.11. The number of allylic oxidation sites excluding steroid dienone is 1. The van der Waals surface area contributed by atoms with Crippen molar-refractivity contribution in [3.05, 3.63) is 36.5 Å². The van der Waals surface area contributed by atoms with Gasteiger partial charge in [-0.2, -0.15) is 0 Å². The van der Waals surface area contributed by atoms with Crippen LogP contribution in [0.2, 0.25) is 0 Å². The average Bonchev–Trinajstić information content (AvgIpc) is 2.39. The Balaban J connectivity index is 2.39. The van der Waals surface area contributed by atoms with Gasteiger partial charge in [0.15, 0.2) is 0 Å². The molecule has 0 aromatic carbocycles. The number of hydrogen-bond acceptors (Lipinski definition) is 3. The highest BCUT2D eigenvalue weighted by Crippen LogP contribution is 2.10. The number of aromatic nitrogens is 1. The predicted molar refractivity (Wildman–Crippen MR) is 83.5 cm³/mol. The second-order valence-corrected chi connectivity index (χ2v) is 5.40. The molecule has 1 rings (SSSR count). The van der Waals surface area contributed by atoms with Crippen molar-refractivity contribution in [1.29, 1.82) is 0 Å². The molecule has 0 unspecified atom stereocenters. The zero-order chi connectivity index (χ0) is 14.1. The lowest BCUT2D eigenvalue weighted by Gasteiger charge is -2.18. The Morgan fingerprint density at radius 1 is 1.42 bits per heavy atom. The van der Waals surface area contributed by atoms with Crippen LogP contribution in [-0.4, -0.2) is 25.1 Å². The maximum absolute atomic E-state index is 4.52. The molecular formula is C16H27N3. The summed E-state index contributed by atoms with van der Waals surface area (Å²) in [5.41, 5.74) is 1.24. The van der Waals surface area contributed by atoms with Crippen molar-refractivity contribution in [1.82, 2.24) is 10.3 Å². The summed E-state index contributed by atoms with van der Waals surface area (Å²) in [5, 5.41) is 3.43. The van der Waals surface area contributed by atoms with Gasteiger partial charge in [0, 0.05) is 26.3 Å². The van der Waals surface area contributed by atoms with E-state index in [4.69, 9.17) is 0 Å². The van der Waals surface area contributed by atoms with Crippen molar-refractivity contribution in [2.45, 2.75) is 33.2 Å². The number of nitrogens with zero attached hydrogens (tertiary/aromatic N) is 2. The van der Waals surface area contributed by atoms with Gasteiger partial charge in [0.1, 0.15) is 5.82 Å². The third kappa shape index (κ3) is 6.39. The molecule has 1 N–H and O–H groups in total. The molecule has 1 aromatic heterocycles. The second-order valence-electron chi connectivity index (χ2n) is 5.40. The highest BCUT2D eigenvalue weighted by molar-refractivity contribution is 5.38. The number of rotatable bonds is 9. The van der Waals surface area contributed by atoms with E-state index in [0.29, 0.717) is 5.92 Å². The molecule has 106 valence electrons. The van der Waals surface area contributed by atoms with Crippen LogP contribution < -0.4 is 10.2 Å². The van der Waals surface area contributed by atoms with Gasteiger partial charge in [-0.25, -0.2) is 4.98 Å². The Hall–Kier alpha value is -1.35. The SMILES string of the molecule is C=CCCCN(C)c1ccc(CNCC(C)C)cn1. The van der Waals surface area contributed by atoms with E-state index in [2.05, 4.69) is 54.8 Å². The van der Waals surface area contributed by atoms with Crippen LogP contribution in [0.4, 0.5) is 5.82 Å². The molecule has 0 aliphatic heterocycles. The third-order valence-electron chi connectivity index (χ3n) is 2.98. The summed E-state index contributed by atoms with van der Waals surface area (Å²) in [6, 6.07) is 4.25. The lowest BCUT2D eigenvalue weighted by molar-refractivity contribution is 0.552. The zero-order valence-electron chi connectivity index (χ0n) is 12.5. The van der Waals surface area contributed by atoms with Gasteiger partial charge in [0.25, 0.3) is 0 Å². The number of anilines is 1. The van der Waals surface area contributed by atoms with E-state index in [9.17, 15) is 0 Å². The Labute approximate surface area is 117 Å². The Kier molecular flexibility index (Phi) is 7.19. The third-order valence-corrected chi connectivity index (χ3v) is 2.98. The van der Waals surface area contributed by atoms with Crippen LogP contribution in [-0.2, 0) is 6.54 Å². The summed E-state index contributed by atoms with van der Waals surface area (Å²) >= 11 is 0. The molecule has 0 bridgehead atoms. The molecule has 0 amide bonds. The van der Waals surface area contributed by atoms with Crippen molar-refractivity contribution < 1.29 is 0 Å². The summed E-state index contributed by atoms with van der Waals surface area (Å²) in [4.78, 5) is 6.70. The molecule has 19 heavy (non-hydrogen) atoms. The highest BCUT2D eigenvalue weighted by Gasteiger charge is 2.02.